The van der Waals surface area contributed by atoms with Crippen LogP contribution in [0.4, 0.5) is 0 Å². The number of furan rings is 1. The summed E-state index contributed by atoms with van der Waals surface area (Å²) in [5.41, 5.74) is 8.79. The van der Waals surface area contributed by atoms with E-state index in [2.05, 4.69) is 50.2 Å². The van der Waals surface area contributed by atoms with E-state index in [0.29, 0.717) is 0 Å². The van der Waals surface area contributed by atoms with Gasteiger partial charge in [0, 0.05) is 6.42 Å². The predicted octanol–water partition coefficient (Wildman–Crippen LogP) is 4.35. The number of benzene rings is 2. The minimum absolute atomic E-state index is 0.221. The highest BCUT2D eigenvalue weighted by Gasteiger charge is 2.16. The molecule has 1 atom stereocenters. The lowest BCUT2D eigenvalue weighted by Gasteiger charge is -2.14. The molecule has 20 heavy (non-hydrogen) atoms. The Labute approximate surface area is 119 Å². The molecule has 0 saturated heterocycles. The molecule has 2 aromatic carbocycles. The molecule has 0 aliphatic rings. The van der Waals surface area contributed by atoms with Crippen LogP contribution in [0.25, 0.3) is 10.8 Å². The average molecular weight is 265 g/mol. The van der Waals surface area contributed by atoms with Crippen molar-refractivity contribution in [2.24, 2.45) is 5.73 Å². The van der Waals surface area contributed by atoms with Gasteiger partial charge in [0.15, 0.2) is 0 Å². The summed E-state index contributed by atoms with van der Waals surface area (Å²) in [6, 6.07) is 16.4. The number of fused-ring (bicyclic) bond motifs is 1. The summed E-state index contributed by atoms with van der Waals surface area (Å²) in [7, 11) is 0. The normalized spacial score (nSPS) is 12.8. The molecule has 0 amide bonds. The predicted molar refractivity (Wildman–Crippen MR) is 82.8 cm³/mol. The maximum atomic E-state index is 6.41. The van der Waals surface area contributed by atoms with Crippen molar-refractivity contribution >= 4 is 10.8 Å². The molecular weight excluding hydrogens is 246 g/mol. The molecule has 0 saturated carbocycles. The summed E-state index contributed by atoms with van der Waals surface area (Å²) < 4.78 is 5.80. The average Bonchev–Trinajstić information content (AvgIpc) is 2.96. The minimum Gasteiger partial charge on any atom is -0.464 e. The van der Waals surface area contributed by atoms with Gasteiger partial charge in [-0.05, 0) is 41.0 Å². The van der Waals surface area contributed by atoms with Crippen molar-refractivity contribution in [1.82, 2.24) is 0 Å². The van der Waals surface area contributed by atoms with Crippen LogP contribution in [0.2, 0.25) is 0 Å². The van der Waals surface area contributed by atoms with Gasteiger partial charge in [-0.1, -0.05) is 43.3 Å². The Hall–Kier alpha value is -2.06. The Kier molecular flexibility index (Phi) is 3.33. The van der Waals surface area contributed by atoms with Crippen LogP contribution in [0.15, 0.2) is 52.9 Å². The Morgan fingerprint density at radius 3 is 2.45 bits per heavy atom. The summed E-state index contributed by atoms with van der Waals surface area (Å²) in [5, 5.41) is 2.46. The third-order valence-corrected chi connectivity index (χ3v) is 3.85. The van der Waals surface area contributed by atoms with Crippen LogP contribution >= 0.6 is 0 Å². The van der Waals surface area contributed by atoms with Gasteiger partial charge in [0.2, 0.25) is 0 Å². The van der Waals surface area contributed by atoms with Crippen molar-refractivity contribution in [2.45, 2.75) is 26.3 Å². The second kappa shape index (κ2) is 5.14. The van der Waals surface area contributed by atoms with Crippen LogP contribution < -0.4 is 5.73 Å². The Bertz CT molecular complexity index is 742. The molecule has 3 rings (SSSR count). The molecule has 0 aliphatic carbocycles. The third kappa shape index (κ3) is 2.12. The number of rotatable bonds is 3. The Morgan fingerprint density at radius 2 is 1.75 bits per heavy atom. The quantitative estimate of drug-likeness (QED) is 0.764. The van der Waals surface area contributed by atoms with Gasteiger partial charge in [-0.3, -0.25) is 0 Å². The van der Waals surface area contributed by atoms with Crippen LogP contribution in [0.3, 0.4) is 0 Å². The lowest BCUT2D eigenvalue weighted by molar-refractivity contribution is 0.454. The third-order valence-electron chi connectivity index (χ3n) is 3.85. The summed E-state index contributed by atoms with van der Waals surface area (Å²) in [6.07, 6.45) is 0.890. The maximum absolute atomic E-state index is 6.41. The molecule has 3 aromatic rings. The van der Waals surface area contributed by atoms with Gasteiger partial charge in [-0.2, -0.15) is 0 Å². The van der Waals surface area contributed by atoms with E-state index in [4.69, 9.17) is 10.2 Å². The largest absolute Gasteiger partial charge is 0.464 e. The summed E-state index contributed by atoms with van der Waals surface area (Å²) >= 11 is 0. The minimum atomic E-state index is -0.221. The first kappa shape index (κ1) is 12.9. The second-order valence-electron chi connectivity index (χ2n) is 5.15. The number of aryl methyl sites for hydroxylation is 2. The van der Waals surface area contributed by atoms with Crippen LogP contribution in [0.5, 0.6) is 0 Å². The van der Waals surface area contributed by atoms with Crippen molar-refractivity contribution in [3.8, 4) is 0 Å². The summed E-state index contributed by atoms with van der Waals surface area (Å²) in [6.45, 7) is 4.20. The van der Waals surface area contributed by atoms with E-state index < -0.39 is 0 Å². The van der Waals surface area contributed by atoms with E-state index >= 15 is 0 Å². The van der Waals surface area contributed by atoms with E-state index in [-0.39, 0.29) is 6.04 Å². The molecular formula is C18H19NO. The van der Waals surface area contributed by atoms with Crippen molar-refractivity contribution in [1.29, 1.82) is 0 Å². The zero-order chi connectivity index (χ0) is 14.1. The van der Waals surface area contributed by atoms with E-state index in [1.165, 1.54) is 16.3 Å². The molecule has 0 aliphatic heterocycles. The lowest BCUT2D eigenvalue weighted by Crippen LogP contribution is -2.11. The monoisotopic (exact) mass is 265 g/mol. The SMILES string of the molecule is CCc1ccc(C(N)c2ccc(C)c3ccccc23)o1. The van der Waals surface area contributed by atoms with Gasteiger partial charge >= 0.3 is 0 Å². The fourth-order valence-corrected chi connectivity index (χ4v) is 2.65. The van der Waals surface area contributed by atoms with Gasteiger partial charge in [-0.15, -0.1) is 0 Å². The molecule has 1 heterocycles. The fourth-order valence-electron chi connectivity index (χ4n) is 2.65. The summed E-state index contributed by atoms with van der Waals surface area (Å²) in [5.74, 6) is 1.81. The van der Waals surface area contributed by atoms with E-state index in [1.54, 1.807) is 0 Å². The van der Waals surface area contributed by atoms with Crippen molar-refractivity contribution in [3.05, 3.63) is 71.2 Å². The number of hydrogen-bond donors (Lipinski definition) is 1. The molecule has 2 nitrogen and oxygen atoms in total. The topological polar surface area (TPSA) is 39.2 Å². The molecule has 1 aromatic heterocycles. The molecule has 2 N–H and O–H groups in total. The lowest BCUT2D eigenvalue weighted by atomic mass is 9.95. The second-order valence-corrected chi connectivity index (χ2v) is 5.15. The molecule has 0 bridgehead atoms. The van der Waals surface area contributed by atoms with Crippen LogP contribution in [0, 0.1) is 6.92 Å². The van der Waals surface area contributed by atoms with Crippen LogP contribution in [-0.2, 0) is 6.42 Å². The van der Waals surface area contributed by atoms with Crippen molar-refractivity contribution < 1.29 is 4.42 Å². The highest BCUT2D eigenvalue weighted by molar-refractivity contribution is 5.89. The van der Waals surface area contributed by atoms with E-state index in [0.717, 1.165) is 23.5 Å². The van der Waals surface area contributed by atoms with Gasteiger partial charge in [-0.25, -0.2) is 0 Å². The summed E-state index contributed by atoms with van der Waals surface area (Å²) in [4.78, 5) is 0. The maximum Gasteiger partial charge on any atom is 0.125 e. The van der Waals surface area contributed by atoms with Gasteiger partial charge in [0.1, 0.15) is 11.5 Å². The van der Waals surface area contributed by atoms with Gasteiger partial charge in [0.05, 0.1) is 6.04 Å². The van der Waals surface area contributed by atoms with Gasteiger partial charge in [0.25, 0.3) is 0 Å². The van der Waals surface area contributed by atoms with Crippen LogP contribution in [-0.4, -0.2) is 0 Å². The zero-order valence-corrected chi connectivity index (χ0v) is 11.9. The Morgan fingerprint density at radius 1 is 1.00 bits per heavy atom. The Balaban J connectivity index is 2.12. The molecule has 0 spiro atoms. The molecule has 1 unspecified atom stereocenters. The fraction of sp³-hybridized carbons (Fsp3) is 0.222. The number of nitrogens with two attached hydrogens (primary N) is 1. The highest BCUT2D eigenvalue weighted by Crippen LogP contribution is 2.30. The molecule has 0 fully saturated rings. The van der Waals surface area contributed by atoms with Gasteiger partial charge < -0.3 is 10.2 Å². The standard InChI is InChI=1S/C18H19NO/c1-3-13-9-11-17(20-13)18(19)16-10-8-12(2)14-6-4-5-7-15(14)16/h4-11,18H,3,19H2,1-2H3. The van der Waals surface area contributed by atoms with E-state index in [1.807, 2.05) is 12.1 Å². The molecule has 2 heteroatoms. The van der Waals surface area contributed by atoms with Crippen molar-refractivity contribution in [2.75, 3.05) is 0 Å². The van der Waals surface area contributed by atoms with Crippen molar-refractivity contribution in [3.63, 3.8) is 0 Å². The zero-order valence-electron chi connectivity index (χ0n) is 11.9. The van der Waals surface area contributed by atoms with Crippen LogP contribution in [0.1, 0.15) is 35.6 Å². The first-order valence-electron chi connectivity index (χ1n) is 7.03. The molecule has 102 valence electrons. The highest BCUT2D eigenvalue weighted by atomic mass is 16.3. The number of hydrogen-bond acceptors (Lipinski definition) is 2. The first-order chi connectivity index (χ1) is 9.70. The first-order valence-corrected chi connectivity index (χ1v) is 7.03. The molecule has 0 radical (unpaired) electrons. The van der Waals surface area contributed by atoms with E-state index in [9.17, 15) is 0 Å². The smallest absolute Gasteiger partial charge is 0.125 e.